The van der Waals surface area contributed by atoms with Gasteiger partial charge >= 0.3 is 0 Å². The summed E-state index contributed by atoms with van der Waals surface area (Å²) in [5.74, 6) is 1.48. The van der Waals surface area contributed by atoms with Gasteiger partial charge in [0.05, 0.1) is 6.33 Å². The maximum Gasteiger partial charge on any atom is 0.167 e. The summed E-state index contributed by atoms with van der Waals surface area (Å²) < 4.78 is 13.7. The van der Waals surface area contributed by atoms with Gasteiger partial charge in [-0.3, -0.25) is 4.57 Å². The molecule has 0 spiro atoms. The zero-order valence-electron chi connectivity index (χ0n) is 18.0. The van der Waals surface area contributed by atoms with Gasteiger partial charge in [0.1, 0.15) is 30.9 Å². The van der Waals surface area contributed by atoms with Gasteiger partial charge < -0.3 is 25.0 Å². The van der Waals surface area contributed by atoms with Gasteiger partial charge in [0.15, 0.2) is 29.4 Å². The van der Waals surface area contributed by atoms with Gasteiger partial charge in [-0.2, -0.15) is 0 Å². The maximum atomic E-state index is 10.7. The number of aliphatic hydroxyl groups is 2. The molecular weight excluding hydrogens is 402 g/mol. The first-order valence-electron chi connectivity index (χ1n) is 10.9. The fourth-order valence-corrected chi connectivity index (χ4v) is 4.09. The molecule has 2 aromatic rings. The van der Waals surface area contributed by atoms with Crippen LogP contribution in [0.15, 0.2) is 12.7 Å². The fourth-order valence-electron chi connectivity index (χ4n) is 4.09. The van der Waals surface area contributed by atoms with Crippen LogP contribution >= 0.6 is 0 Å². The Hall–Kier alpha value is -1.89. The monoisotopic (exact) mass is 433 g/mol. The molecule has 6 atom stereocenters. The standard InChI is InChI=1S/C20H31N7O4/c1-20(2,3)19-26-25-17(31-19)14-12(28)13(29)18(30-14)27-9-24-11-15(22-8-23-16(11)27)21-7-6-10-4-5-10/h8-10,12-14,17-19,25-26,28-29H,4-7H2,1-3H3,(H,21,22,23)/t12-,13+,14-,17?,18+,19?/m0/s1. The molecule has 4 heterocycles. The van der Waals surface area contributed by atoms with E-state index in [0.717, 1.165) is 18.9 Å². The van der Waals surface area contributed by atoms with Gasteiger partial charge in [-0.25, -0.2) is 25.8 Å². The van der Waals surface area contributed by atoms with E-state index in [2.05, 4.69) is 31.1 Å². The van der Waals surface area contributed by atoms with Gasteiger partial charge in [0, 0.05) is 12.0 Å². The number of aromatic nitrogens is 4. The average molecular weight is 434 g/mol. The molecule has 170 valence electrons. The third kappa shape index (κ3) is 4.01. The van der Waals surface area contributed by atoms with Crippen LogP contribution in [0.5, 0.6) is 0 Å². The number of rotatable bonds is 6. The van der Waals surface area contributed by atoms with Crippen molar-refractivity contribution < 1.29 is 19.7 Å². The molecule has 3 aliphatic rings. The van der Waals surface area contributed by atoms with Gasteiger partial charge in [-0.1, -0.05) is 33.6 Å². The highest BCUT2D eigenvalue weighted by molar-refractivity contribution is 5.82. The Balaban J connectivity index is 1.33. The lowest BCUT2D eigenvalue weighted by molar-refractivity contribution is -0.122. The first-order chi connectivity index (χ1) is 14.8. The summed E-state index contributed by atoms with van der Waals surface area (Å²) in [5, 5.41) is 24.8. The molecule has 2 saturated heterocycles. The van der Waals surface area contributed by atoms with E-state index in [0.29, 0.717) is 17.0 Å². The minimum atomic E-state index is -1.16. The van der Waals surface area contributed by atoms with Gasteiger partial charge in [0.25, 0.3) is 0 Å². The molecule has 0 amide bonds. The van der Waals surface area contributed by atoms with Gasteiger partial charge in [-0.15, -0.1) is 0 Å². The van der Waals surface area contributed by atoms with Gasteiger partial charge in [-0.05, 0) is 12.3 Å². The molecule has 2 unspecified atom stereocenters. The Kier molecular flexibility index (Phi) is 5.35. The van der Waals surface area contributed by atoms with Crippen molar-refractivity contribution >= 4 is 17.0 Å². The second-order valence-corrected chi connectivity index (χ2v) is 9.77. The zero-order valence-corrected chi connectivity index (χ0v) is 18.0. The smallest absolute Gasteiger partial charge is 0.167 e. The summed E-state index contributed by atoms with van der Waals surface area (Å²) in [4.78, 5) is 13.1. The van der Waals surface area contributed by atoms with Crippen LogP contribution in [-0.2, 0) is 9.47 Å². The molecule has 0 radical (unpaired) electrons. The van der Waals surface area contributed by atoms with Crippen LogP contribution in [0.4, 0.5) is 5.82 Å². The second kappa shape index (κ2) is 7.91. The van der Waals surface area contributed by atoms with Crippen molar-refractivity contribution in [1.82, 2.24) is 30.4 Å². The Morgan fingerprint density at radius 2 is 1.94 bits per heavy atom. The zero-order chi connectivity index (χ0) is 21.8. The second-order valence-electron chi connectivity index (χ2n) is 9.77. The number of aliphatic hydroxyl groups excluding tert-OH is 2. The van der Waals surface area contributed by atoms with E-state index >= 15 is 0 Å². The van der Waals surface area contributed by atoms with Crippen molar-refractivity contribution in [3.63, 3.8) is 0 Å². The normalized spacial score (nSPS) is 34.0. The summed E-state index contributed by atoms with van der Waals surface area (Å²) in [6, 6.07) is 0. The fraction of sp³-hybridized carbons (Fsp3) is 0.750. The quantitative estimate of drug-likeness (QED) is 0.437. The highest BCUT2D eigenvalue weighted by atomic mass is 16.6. The molecule has 3 fully saturated rings. The number of hydrogen-bond acceptors (Lipinski definition) is 10. The predicted molar refractivity (Wildman–Crippen MR) is 111 cm³/mol. The molecule has 0 bridgehead atoms. The number of anilines is 1. The number of nitrogens with zero attached hydrogens (tertiary/aromatic N) is 4. The van der Waals surface area contributed by atoms with Crippen LogP contribution in [0.1, 0.15) is 46.3 Å². The highest BCUT2D eigenvalue weighted by Crippen LogP contribution is 2.36. The largest absolute Gasteiger partial charge is 0.387 e. The Morgan fingerprint density at radius 3 is 2.65 bits per heavy atom. The van der Waals surface area contributed by atoms with Crippen LogP contribution in [0.2, 0.25) is 0 Å². The topological polar surface area (TPSA) is 139 Å². The first-order valence-corrected chi connectivity index (χ1v) is 10.9. The van der Waals surface area contributed by atoms with E-state index in [4.69, 9.17) is 9.47 Å². The Labute approximate surface area is 180 Å². The Morgan fingerprint density at radius 1 is 1.13 bits per heavy atom. The third-order valence-electron chi connectivity index (χ3n) is 6.17. The van der Waals surface area contributed by atoms with E-state index in [9.17, 15) is 10.2 Å². The molecule has 31 heavy (non-hydrogen) atoms. The van der Waals surface area contributed by atoms with Crippen LogP contribution in [-0.4, -0.2) is 67.0 Å². The minimum absolute atomic E-state index is 0.149. The number of hydrogen-bond donors (Lipinski definition) is 5. The van der Waals surface area contributed by atoms with E-state index in [1.54, 1.807) is 10.9 Å². The molecule has 11 heteroatoms. The van der Waals surface area contributed by atoms with Crippen molar-refractivity contribution in [3.05, 3.63) is 12.7 Å². The third-order valence-corrected chi connectivity index (χ3v) is 6.17. The van der Waals surface area contributed by atoms with Crippen molar-refractivity contribution in [2.24, 2.45) is 11.3 Å². The number of fused-ring (bicyclic) bond motifs is 1. The van der Waals surface area contributed by atoms with E-state index in [1.165, 1.54) is 19.2 Å². The van der Waals surface area contributed by atoms with Crippen molar-refractivity contribution in [1.29, 1.82) is 0 Å². The van der Waals surface area contributed by atoms with Crippen LogP contribution in [0, 0.1) is 11.3 Å². The lowest BCUT2D eigenvalue weighted by atomic mass is 9.95. The van der Waals surface area contributed by atoms with E-state index < -0.39 is 30.8 Å². The Bertz CT molecular complexity index is 928. The summed E-state index contributed by atoms with van der Waals surface area (Å²) in [5.41, 5.74) is 7.10. The summed E-state index contributed by atoms with van der Waals surface area (Å²) >= 11 is 0. The molecular formula is C20H31N7O4. The van der Waals surface area contributed by atoms with Crippen LogP contribution in [0.25, 0.3) is 11.2 Å². The lowest BCUT2D eigenvalue weighted by Gasteiger charge is -2.26. The summed E-state index contributed by atoms with van der Waals surface area (Å²) in [6.07, 6.45) is 1.97. The maximum absolute atomic E-state index is 10.7. The van der Waals surface area contributed by atoms with E-state index in [1.807, 2.05) is 20.8 Å². The lowest BCUT2D eigenvalue weighted by Crippen LogP contribution is -2.46. The molecule has 5 rings (SSSR count). The predicted octanol–water partition coefficient (Wildman–Crippen LogP) is 0.480. The number of nitrogens with one attached hydrogen (secondary N) is 3. The molecule has 5 N–H and O–H groups in total. The molecule has 11 nitrogen and oxygen atoms in total. The SMILES string of the molecule is CC(C)(C)C1NNC([C@H]2O[C@@H](n3cnc4c(NCCC5CC5)ncnc43)[C@H](O)[C@@H]2O)O1. The van der Waals surface area contributed by atoms with Gasteiger partial charge in [0.2, 0.25) is 0 Å². The van der Waals surface area contributed by atoms with Crippen molar-refractivity contribution in [2.45, 2.75) is 77.0 Å². The number of imidazole rings is 1. The van der Waals surface area contributed by atoms with Crippen LogP contribution < -0.4 is 16.2 Å². The molecule has 1 saturated carbocycles. The first kappa shape index (κ1) is 21.0. The molecule has 2 aromatic heterocycles. The average Bonchev–Trinajstić information content (AvgIpc) is 3.12. The van der Waals surface area contributed by atoms with Crippen molar-refractivity contribution in [2.75, 3.05) is 11.9 Å². The van der Waals surface area contributed by atoms with E-state index in [-0.39, 0.29) is 11.6 Å². The molecule has 0 aromatic carbocycles. The van der Waals surface area contributed by atoms with Crippen molar-refractivity contribution in [3.8, 4) is 0 Å². The summed E-state index contributed by atoms with van der Waals surface area (Å²) in [6.45, 7) is 6.98. The highest BCUT2D eigenvalue weighted by Gasteiger charge is 2.51. The number of ether oxygens (including phenoxy) is 2. The summed E-state index contributed by atoms with van der Waals surface area (Å²) in [7, 11) is 0. The number of hydrazine groups is 1. The van der Waals surface area contributed by atoms with Crippen LogP contribution in [0.3, 0.4) is 0 Å². The molecule has 1 aliphatic carbocycles. The molecule has 2 aliphatic heterocycles. The minimum Gasteiger partial charge on any atom is -0.387 e.